The normalized spacial score (nSPS) is 16.5. The van der Waals surface area contributed by atoms with E-state index < -0.39 is 29.4 Å². The van der Waals surface area contributed by atoms with Crippen LogP contribution >= 0.6 is 0 Å². The van der Waals surface area contributed by atoms with Gasteiger partial charge in [0.05, 0.1) is 29.2 Å². The summed E-state index contributed by atoms with van der Waals surface area (Å²) in [6, 6.07) is 4.67. The number of anilines is 1. The van der Waals surface area contributed by atoms with Crippen LogP contribution in [-0.2, 0) is 5.60 Å². The molecular formula is C27H28F4N6O3. The average Bonchev–Trinajstić information content (AvgIpc) is 3.40. The number of ether oxygens (including phenoxy) is 1. The van der Waals surface area contributed by atoms with Gasteiger partial charge < -0.3 is 19.8 Å². The Morgan fingerprint density at radius 1 is 1.00 bits per heavy atom. The molecule has 1 aliphatic rings. The summed E-state index contributed by atoms with van der Waals surface area (Å²) in [5, 5.41) is 25.2. The van der Waals surface area contributed by atoms with E-state index in [1.54, 1.807) is 0 Å². The predicted molar refractivity (Wildman–Crippen MR) is 138 cm³/mol. The lowest BCUT2D eigenvalue weighted by Gasteiger charge is -2.35. The van der Waals surface area contributed by atoms with E-state index in [1.807, 2.05) is 4.90 Å². The Balaban J connectivity index is 1.49. The van der Waals surface area contributed by atoms with Crippen molar-refractivity contribution in [1.82, 2.24) is 24.7 Å². The minimum atomic E-state index is -2.83. The zero-order chi connectivity index (χ0) is 28.8. The number of aliphatic hydroxyl groups is 2. The van der Waals surface area contributed by atoms with Crippen LogP contribution < -0.4 is 9.64 Å². The number of fused-ring (bicyclic) bond motifs is 1. The molecule has 0 radical (unpaired) electrons. The van der Waals surface area contributed by atoms with Crippen molar-refractivity contribution in [3.8, 4) is 17.0 Å². The lowest BCUT2D eigenvalue weighted by molar-refractivity contribution is -0.127. The highest BCUT2D eigenvalue weighted by Crippen LogP contribution is 2.35. The smallest absolute Gasteiger partial charge is 0.333 e. The molecule has 212 valence electrons. The second-order valence-electron chi connectivity index (χ2n) is 10.5. The molecule has 1 saturated heterocycles. The minimum absolute atomic E-state index is 0.0376. The zero-order valence-corrected chi connectivity index (χ0v) is 22.0. The summed E-state index contributed by atoms with van der Waals surface area (Å²) in [7, 11) is 0. The van der Waals surface area contributed by atoms with E-state index in [9.17, 15) is 27.8 Å². The van der Waals surface area contributed by atoms with Gasteiger partial charge in [-0.1, -0.05) is 0 Å². The van der Waals surface area contributed by atoms with Gasteiger partial charge in [-0.2, -0.15) is 13.9 Å². The van der Waals surface area contributed by atoms with Crippen molar-refractivity contribution in [1.29, 1.82) is 0 Å². The maximum absolute atomic E-state index is 14.1. The molecule has 4 heterocycles. The van der Waals surface area contributed by atoms with Crippen molar-refractivity contribution in [3.63, 3.8) is 0 Å². The summed E-state index contributed by atoms with van der Waals surface area (Å²) in [6.07, 6.45) is 4.47. The van der Waals surface area contributed by atoms with Gasteiger partial charge >= 0.3 is 6.55 Å². The van der Waals surface area contributed by atoms with Crippen LogP contribution in [0.15, 0.2) is 42.9 Å². The van der Waals surface area contributed by atoms with Crippen molar-refractivity contribution < 1.29 is 32.5 Å². The molecule has 0 unspecified atom stereocenters. The number of piperidine rings is 1. The van der Waals surface area contributed by atoms with E-state index in [-0.39, 0.29) is 17.5 Å². The lowest BCUT2D eigenvalue weighted by Crippen LogP contribution is -2.45. The average molecular weight is 561 g/mol. The van der Waals surface area contributed by atoms with Crippen molar-refractivity contribution in [3.05, 3.63) is 60.2 Å². The fourth-order valence-electron chi connectivity index (χ4n) is 4.45. The molecule has 0 spiro atoms. The number of nitrogens with zero attached hydrogens (tertiary/aromatic N) is 6. The molecule has 0 bridgehead atoms. The molecule has 0 amide bonds. The van der Waals surface area contributed by atoms with E-state index >= 15 is 0 Å². The fraction of sp³-hybridized carbons (Fsp3) is 0.407. The van der Waals surface area contributed by atoms with Crippen molar-refractivity contribution in [2.24, 2.45) is 0 Å². The summed E-state index contributed by atoms with van der Waals surface area (Å²) in [4.78, 5) is 15.6. The highest BCUT2D eigenvalue weighted by Gasteiger charge is 2.41. The first-order chi connectivity index (χ1) is 18.8. The topological polar surface area (TPSA) is 109 Å². The number of halogens is 4. The van der Waals surface area contributed by atoms with Crippen molar-refractivity contribution in [2.75, 3.05) is 18.0 Å². The summed E-state index contributed by atoms with van der Waals surface area (Å²) in [5.74, 6) is -1.12. The van der Waals surface area contributed by atoms with E-state index in [4.69, 9.17) is 9.72 Å². The Morgan fingerprint density at radius 2 is 1.73 bits per heavy atom. The molecular weight excluding hydrogens is 532 g/mol. The van der Waals surface area contributed by atoms with Crippen LogP contribution in [0.25, 0.3) is 22.3 Å². The van der Waals surface area contributed by atoms with E-state index in [0.717, 1.165) is 12.1 Å². The van der Waals surface area contributed by atoms with Crippen LogP contribution in [0.4, 0.5) is 23.4 Å². The highest BCUT2D eigenvalue weighted by atomic mass is 19.3. The maximum Gasteiger partial charge on any atom is 0.333 e. The SMILES string of the molecule is CC(C)(O)[C@](C)(O)c1cc2nc(N3CCC(Oc4ccc(F)cc4F)CC3)c(-c3cnn(C(F)F)c3)nc2cn1. The van der Waals surface area contributed by atoms with Crippen LogP contribution in [0.5, 0.6) is 5.75 Å². The quantitative estimate of drug-likeness (QED) is 0.316. The third kappa shape index (κ3) is 5.30. The second kappa shape index (κ2) is 10.3. The molecule has 1 aromatic carbocycles. The molecule has 0 aliphatic carbocycles. The number of hydrogen-bond acceptors (Lipinski definition) is 8. The Hall–Kier alpha value is -3.84. The first-order valence-corrected chi connectivity index (χ1v) is 12.7. The molecule has 4 aromatic rings. The molecule has 3 aromatic heterocycles. The third-order valence-electron chi connectivity index (χ3n) is 7.23. The minimum Gasteiger partial charge on any atom is -0.487 e. The predicted octanol–water partition coefficient (Wildman–Crippen LogP) is 4.59. The highest BCUT2D eigenvalue weighted by molar-refractivity contribution is 5.83. The van der Waals surface area contributed by atoms with Crippen LogP contribution in [0.2, 0.25) is 0 Å². The fourth-order valence-corrected chi connectivity index (χ4v) is 4.45. The van der Waals surface area contributed by atoms with Crippen LogP contribution in [0.1, 0.15) is 45.9 Å². The molecule has 2 N–H and O–H groups in total. The number of alkyl halides is 2. The standard InChI is InChI=1S/C27H28F4N6O3/c1-26(2,38)27(3,39)22-11-19-20(13-32-22)34-23(15-12-33-37(14-15)25(30)31)24(35-19)36-8-6-17(7-9-36)40-21-5-4-16(28)10-18(21)29/h4-5,10-14,17,25,38-39H,6-9H2,1-3H3/t27-/m1/s1. The first kappa shape index (κ1) is 27.7. The molecule has 0 saturated carbocycles. The van der Waals surface area contributed by atoms with Crippen LogP contribution in [-0.4, -0.2) is 59.7 Å². The van der Waals surface area contributed by atoms with Gasteiger partial charge in [-0.15, -0.1) is 0 Å². The Morgan fingerprint density at radius 3 is 2.35 bits per heavy atom. The number of pyridine rings is 1. The number of hydrogen-bond donors (Lipinski definition) is 2. The van der Waals surface area contributed by atoms with Crippen LogP contribution in [0, 0.1) is 11.6 Å². The molecule has 5 rings (SSSR count). The number of rotatable bonds is 7. The summed E-state index contributed by atoms with van der Waals surface area (Å²) in [5.41, 5.74) is -1.67. The third-order valence-corrected chi connectivity index (χ3v) is 7.23. The zero-order valence-electron chi connectivity index (χ0n) is 22.0. The molecule has 9 nitrogen and oxygen atoms in total. The van der Waals surface area contributed by atoms with E-state index in [1.165, 1.54) is 51.5 Å². The summed E-state index contributed by atoms with van der Waals surface area (Å²) >= 11 is 0. The Labute approximate surface area is 227 Å². The maximum atomic E-state index is 14.1. The van der Waals surface area contributed by atoms with Gasteiger partial charge in [-0.05, 0) is 39.0 Å². The van der Waals surface area contributed by atoms with Gasteiger partial charge in [-0.3, -0.25) is 4.98 Å². The molecule has 1 atom stereocenters. The lowest BCUT2D eigenvalue weighted by atomic mass is 9.84. The molecule has 40 heavy (non-hydrogen) atoms. The Kier molecular flexibility index (Phi) is 7.13. The largest absolute Gasteiger partial charge is 0.487 e. The van der Waals surface area contributed by atoms with Gasteiger partial charge in [0.15, 0.2) is 17.4 Å². The summed E-state index contributed by atoms with van der Waals surface area (Å²) < 4.78 is 60.2. The first-order valence-electron chi connectivity index (χ1n) is 12.7. The van der Waals surface area contributed by atoms with E-state index in [2.05, 4.69) is 15.1 Å². The number of aromatic nitrogens is 5. The Bertz CT molecular complexity index is 1530. The number of benzene rings is 1. The van der Waals surface area contributed by atoms with Gasteiger partial charge in [0.2, 0.25) is 0 Å². The van der Waals surface area contributed by atoms with Gasteiger partial charge in [-0.25, -0.2) is 23.4 Å². The molecule has 1 fully saturated rings. The van der Waals surface area contributed by atoms with Crippen molar-refractivity contribution >= 4 is 16.9 Å². The van der Waals surface area contributed by atoms with E-state index in [0.29, 0.717) is 58.7 Å². The van der Waals surface area contributed by atoms with Gasteiger partial charge in [0, 0.05) is 43.8 Å². The molecule has 1 aliphatic heterocycles. The summed E-state index contributed by atoms with van der Waals surface area (Å²) in [6.45, 7) is 2.37. The van der Waals surface area contributed by atoms with Crippen LogP contribution in [0.3, 0.4) is 0 Å². The van der Waals surface area contributed by atoms with Gasteiger partial charge in [0.25, 0.3) is 0 Å². The monoisotopic (exact) mass is 560 g/mol. The van der Waals surface area contributed by atoms with Crippen molar-refractivity contribution in [2.45, 2.75) is 57.5 Å². The molecule has 13 heteroatoms. The second-order valence-corrected chi connectivity index (χ2v) is 10.5. The van der Waals surface area contributed by atoms with Gasteiger partial charge in [0.1, 0.15) is 28.7 Å².